The number of thiophene rings is 1. The van der Waals surface area contributed by atoms with Crippen molar-refractivity contribution < 1.29 is 9.53 Å². The van der Waals surface area contributed by atoms with Gasteiger partial charge in [-0.3, -0.25) is 14.2 Å². The Morgan fingerprint density at radius 1 is 1.26 bits per heavy atom. The number of ether oxygens (including phenoxy) is 1. The first kappa shape index (κ1) is 19.0. The molecule has 3 heterocycles. The minimum Gasteiger partial charge on any atom is -0.383 e. The molecule has 1 amide bonds. The largest absolute Gasteiger partial charge is 0.383 e. The summed E-state index contributed by atoms with van der Waals surface area (Å²) in [6.07, 6.45) is 7.15. The van der Waals surface area contributed by atoms with Crippen molar-refractivity contribution in [2.24, 2.45) is 0 Å². The normalized spacial score (nSPS) is 20.3. The highest BCUT2D eigenvalue weighted by molar-refractivity contribution is 8.00. The van der Waals surface area contributed by atoms with Crippen LogP contribution in [0.25, 0.3) is 10.2 Å². The second-order valence-electron chi connectivity index (χ2n) is 7.13. The van der Waals surface area contributed by atoms with Crippen LogP contribution >= 0.6 is 23.1 Å². The molecule has 1 aliphatic carbocycles. The molecule has 1 fully saturated rings. The standard InChI is InChI=1S/C19H25N3O3S2/c1-25-11-10-22-18(24)15-12-6-2-3-7-13(12)26-17(15)21-19(22)27-14-8-4-5-9-20-16(14)23/h14H,2-11H2,1H3,(H,20,23). The van der Waals surface area contributed by atoms with Gasteiger partial charge in [0.1, 0.15) is 4.83 Å². The van der Waals surface area contributed by atoms with Crippen LogP contribution in [0.3, 0.4) is 0 Å². The Kier molecular flexibility index (Phi) is 5.85. The van der Waals surface area contributed by atoms with E-state index in [1.54, 1.807) is 23.0 Å². The van der Waals surface area contributed by atoms with E-state index >= 15 is 0 Å². The van der Waals surface area contributed by atoms with Gasteiger partial charge in [0.15, 0.2) is 5.16 Å². The van der Waals surface area contributed by atoms with E-state index in [0.29, 0.717) is 18.3 Å². The summed E-state index contributed by atoms with van der Waals surface area (Å²) < 4.78 is 6.94. The number of nitrogens with one attached hydrogen (secondary N) is 1. The Morgan fingerprint density at radius 2 is 2.11 bits per heavy atom. The highest BCUT2D eigenvalue weighted by atomic mass is 32.2. The number of aryl methyl sites for hydroxylation is 2. The molecule has 0 saturated carbocycles. The van der Waals surface area contributed by atoms with Crippen molar-refractivity contribution in [3.05, 3.63) is 20.8 Å². The number of thioether (sulfide) groups is 1. The van der Waals surface area contributed by atoms with Crippen molar-refractivity contribution >= 4 is 39.2 Å². The van der Waals surface area contributed by atoms with Crippen LogP contribution in [0, 0.1) is 0 Å². The molecule has 2 aromatic rings. The molecule has 0 radical (unpaired) electrons. The Morgan fingerprint density at radius 3 is 2.96 bits per heavy atom. The SMILES string of the molecule is COCCn1c(SC2CCCCNC2=O)nc2sc3c(c2c1=O)CCCC3. The van der Waals surface area contributed by atoms with E-state index in [-0.39, 0.29) is 16.7 Å². The predicted molar refractivity (Wildman–Crippen MR) is 109 cm³/mol. The number of amides is 1. The predicted octanol–water partition coefficient (Wildman–Crippen LogP) is 2.74. The number of hydrogen-bond acceptors (Lipinski definition) is 6. The van der Waals surface area contributed by atoms with Crippen molar-refractivity contribution in [2.45, 2.75) is 61.9 Å². The summed E-state index contributed by atoms with van der Waals surface area (Å²) in [6.45, 7) is 1.64. The van der Waals surface area contributed by atoms with Gasteiger partial charge in [-0.25, -0.2) is 4.98 Å². The molecule has 146 valence electrons. The van der Waals surface area contributed by atoms with Gasteiger partial charge in [0.2, 0.25) is 5.91 Å². The molecule has 0 aromatic carbocycles. The lowest BCUT2D eigenvalue weighted by Crippen LogP contribution is -2.32. The monoisotopic (exact) mass is 407 g/mol. The number of carbonyl (C=O) groups excluding carboxylic acids is 1. The van der Waals surface area contributed by atoms with Crippen LogP contribution in [0.5, 0.6) is 0 Å². The summed E-state index contributed by atoms with van der Waals surface area (Å²) in [5.74, 6) is 0.0515. The lowest BCUT2D eigenvalue weighted by molar-refractivity contribution is -0.120. The molecule has 6 nitrogen and oxygen atoms in total. The van der Waals surface area contributed by atoms with Gasteiger partial charge >= 0.3 is 0 Å². The van der Waals surface area contributed by atoms with Crippen LogP contribution < -0.4 is 10.9 Å². The van der Waals surface area contributed by atoms with Gasteiger partial charge in [-0.1, -0.05) is 18.2 Å². The first-order valence-corrected chi connectivity index (χ1v) is 11.4. The van der Waals surface area contributed by atoms with Gasteiger partial charge in [0.05, 0.1) is 23.8 Å². The third kappa shape index (κ3) is 3.79. The molecule has 1 aliphatic heterocycles. The quantitative estimate of drug-likeness (QED) is 0.772. The third-order valence-electron chi connectivity index (χ3n) is 5.29. The second-order valence-corrected chi connectivity index (χ2v) is 9.38. The van der Waals surface area contributed by atoms with Crippen molar-refractivity contribution in [1.29, 1.82) is 0 Å². The Balaban J connectivity index is 1.78. The number of fused-ring (bicyclic) bond motifs is 3. The summed E-state index contributed by atoms with van der Waals surface area (Å²) >= 11 is 3.09. The molecule has 27 heavy (non-hydrogen) atoms. The summed E-state index contributed by atoms with van der Waals surface area (Å²) in [4.78, 5) is 32.7. The first-order valence-electron chi connectivity index (χ1n) is 9.67. The third-order valence-corrected chi connectivity index (χ3v) is 7.73. The van der Waals surface area contributed by atoms with Crippen molar-refractivity contribution in [2.75, 3.05) is 20.3 Å². The molecular formula is C19H25N3O3S2. The van der Waals surface area contributed by atoms with Crippen LogP contribution in [0.2, 0.25) is 0 Å². The van der Waals surface area contributed by atoms with Gasteiger partial charge in [0, 0.05) is 18.5 Å². The molecule has 1 unspecified atom stereocenters. The maximum absolute atomic E-state index is 13.3. The van der Waals surface area contributed by atoms with Crippen LogP contribution in [0.4, 0.5) is 0 Å². The number of aromatic nitrogens is 2. The molecule has 2 aromatic heterocycles. The number of nitrogens with zero attached hydrogens (tertiary/aromatic N) is 2. The van der Waals surface area contributed by atoms with Gasteiger partial charge in [0.25, 0.3) is 5.56 Å². The van der Waals surface area contributed by atoms with E-state index in [1.165, 1.54) is 28.6 Å². The van der Waals surface area contributed by atoms with Crippen molar-refractivity contribution in [1.82, 2.24) is 14.9 Å². The fraction of sp³-hybridized carbons (Fsp3) is 0.632. The minimum absolute atomic E-state index is 0.0213. The van der Waals surface area contributed by atoms with Crippen LogP contribution in [0.15, 0.2) is 9.95 Å². The molecule has 0 bridgehead atoms. The zero-order chi connectivity index (χ0) is 18.8. The van der Waals surface area contributed by atoms with E-state index in [1.807, 2.05) is 0 Å². The Hall–Kier alpha value is -1.38. The number of methoxy groups -OCH3 is 1. The lowest BCUT2D eigenvalue weighted by Gasteiger charge is -2.16. The maximum atomic E-state index is 13.3. The molecule has 1 atom stereocenters. The molecule has 2 aliphatic rings. The molecule has 4 rings (SSSR count). The van der Waals surface area contributed by atoms with Crippen LogP contribution in [0.1, 0.15) is 42.5 Å². The van der Waals surface area contributed by atoms with E-state index in [2.05, 4.69) is 5.32 Å². The number of carbonyl (C=O) groups is 1. The Labute approximate surface area is 166 Å². The average Bonchev–Trinajstić information content (AvgIpc) is 2.92. The van der Waals surface area contributed by atoms with Crippen molar-refractivity contribution in [3.8, 4) is 0 Å². The molecule has 1 saturated heterocycles. The van der Waals surface area contributed by atoms with Crippen LogP contribution in [-0.4, -0.2) is 41.0 Å². The second kappa shape index (κ2) is 8.32. The summed E-state index contributed by atoms with van der Waals surface area (Å²) in [5.41, 5.74) is 1.22. The summed E-state index contributed by atoms with van der Waals surface area (Å²) in [5, 5.41) is 4.21. The smallest absolute Gasteiger partial charge is 0.263 e. The highest BCUT2D eigenvalue weighted by Gasteiger charge is 2.27. The van der Waals surface area contributed by atoms with E-state index in [9.17, 15) is 9.59 Å². The molecule has 0 spiro atoms. The van der Waals surface area contributed by atoms with Gasteiger partial charge < -0.3 is 10.1 Å². The minimum atomic E-state index is -0.194. The molecule has 8 heteroatoms. The van der Waals surface area contributed by atoms with E-state index in [0.717, 1.165) is 55.3 Å². The van der Waals surface area contributed by atoms with Gasteiger partial charge in [-0.05, 0) is 44.1 Å². The molecular weight excluding hydrogens is 382 g/mol. The molecule has 1 N–H and O–H groups in total. The topological polar surface area (TPSA) is 73.2 Å². The van der Waals surface area contributed by atoms with Crippen molar-refractivity contribution in [3.63, 3.8) is 0 Å². The fourth-order valence-corrected chi connectivity index (χ4v) is 6.32. The zero-order valence-electron chi connectivity index (χ0n) is 15.6. The summed E-state index contributed by atoms with van der Waals surface area (Å²) in [7, 11) is 1.63. The van der Waals surface area contributed by atoms with Gasteiger partial charge in [-0.2, -0.15) is 0 Å². The fourth-order valence-electron chi connectivity index (χ4n) is 3.84. The van der Waals surface area contributed by atoms with E-state index in [4.69, 9.17) is 9.72 Å². The van der Waals surface area contributed by atoms with Gasteiger partial charge in [-0.15, -0.1) is 11.3 Å². The maximum Gasteiger partial charge on any atom is 0.263 e. The number of rotatable bonds is 5. The lowest BCUT2D eigenvalue weighted by atomic mass is 9.97. The Bertz CT molecular complexity index is 906. The first-order chi connectivity index (χ1) is 13.2. The summed E-state index contributed by atoms with van der Waals surface area (Å²) in [6, 6.07) is 0. The van der Waals surface area contributed by atoms with E-state index < -0.39 is 0 Å². The highest BCUT2D eigenvalue weighted by Crippen LogP contribution is 2.35. The average molecular weight is 408 g/mol. The van der Waals surface area contributed by atoms with Crippen LogP contribution in [-0.2, 0) is 28.9 Å². The number of hydrogen-bond donors (Lipinski definition) is 1. The zero-order valence-corrected chi connectivity index (χ0v) is 17.2.